The second kappa shape index (κ2) is 18.5. The second-order valence-electron chi connectivity index (χ2n) is 8.80. The van der Waals surface area contributed by atoms with Gasteiger partial charge in [-0.3, -0.25) is 40.5 Å². The Labute approximate surface area is 311 Å². The molecular weight excluding hydrogens is 723 g/mol. The van der Waals surface area contributed by atoms with Gasteiger partial charge in [-0.15, -0.1) is 20.5 Å². The molecule has 0 aliphatic carbocycles. The van der Waals surface area contributed by atoms with E-state index in [0.717, 1.165) is 12.1 Å². The molecule has 0 atom stereocenters. The molecule has 0 heterocycles. The first-order valence-electron chi connectivity index (χ1n) is 12.6. The number of rotatable bonds is 10. The van der Waals surface area contributed by atoms with Crippen molar-refractivity contribution < 1.29 is 96.5 Å². The summed E-state index contributed by atoms with van der Waals surface area (Å²) in [7, 11) is 2.78. The van der Waals surface area contributed by atoms with Crippen LogP contribution in [0.5, 0.6) is 34.5 Å². The van der Waals surface area contributed by atoms with E-state index in [1.807, 2.05) is 0 Å². The van der Waals surface area contributed by atoms with Crippen LogP contribution in [0.2, 0.25) is 0 Å². The molecule has 0 aliphatic rings. The zero-order valence-corrected chi connectivity index (χ0v) is 28.9. The number of benzene rings is 4. The van der Waals surface area contributed by atoms with Gasteiger partial charge in [0, 0.05) is 41.6 Å². The standard InChI is InChI=1S/2C13H10N4O7.Cr.Na/c2*1-24-8-2-3-12(18)9(6-8)14-15-10-4-7(16(20)21)5-11(13(10)19)17(22)23;;/h2*2-6,18-19H,1H3;;/q;;;+1. The van der Waals surface area contributed by atoms with Crippen LogP contribution in [-0.4, -0.2) is 54.3 Å². The summed E-state index contributed by atoms with van der Waals surface area (Å²) >= 11 is 0. The van der Waals surface area contributed by atoms with E-state index in [4.69, 9.17) is 9.47 Å². The Morgan fingerprint density at radius 1 is 0.520 bits per heavy atom. The number of nitrogens with zero attached hydrogens (tertiary/aromatic N) is 8. The van der Waals surface area contributed by atoms with Crippen molar-refractivity contribution in [3.8, 4) is 34.5 Å². The predicted molar refractivity (Wildman–Crippen MR) is 161 cm³/mol. The minimum Gasteiger partial charge on any atom is -0.506 e. The normalized spacial score (nSPS) is 10.3. The summed E-state index contributed by atoms with van der Waals surface area (Å²) in [4.78, 5) is 39.7. The first-order valence-corrected chi connectivity index (χ1v) is 12.6. The van der Waals surface area contributed by atoms with Crippen LogP contribution in [0.1, 0.15) is 0 Å². The van der Waals surface area contributed by atoms with Gasteiger partial charge in [0.05, 0.1) is 46.0 Å². The summed E-state index contributed by atoms with van der Waals surface area (Å²) in [5.41, 5.74) is -4.12. The minimum absolute atomic E-state index is 0. The number of non-ortho nitro benzene ring substituents is 2. The van der Waals surface area contributed by atoms with E-state index in [-0.39, 0.29) is 69.8 Å². The fraction of sp³-hybridized carbons (Fsp3) is 0.0769. The molecule has 50 heavy (non-hydrogen) atoms. The van der Waals surface area contributed by atoms with Crippen molar-refractivity contribution in [2.24, 2.45) is 20.5 Å². The van der Waals surface area contributed by atoms with E-state index in [1.165, 1.54) is 50.6 Å². The summed E-state index contributed by atoms with van der Waals surface area (Å²) in [6, 6.07) is 11.0. The van der Waals surface area contributed by atoms with E-state index >= 15 is 0 Å². The summed E-state index contributed by atoms with van der Waals surface area (Å²) in [6.07, 6.45) is 0. The fourth-order valence-corrected chi connectivity index (χ4v) is 3.46. The van der Waals surface area contributed by atoms with Crippen LogP contribution in [0.15, 0.2) is 81.1 Å². The molecule has 0 unspecified atom stereocenters. The quantitative estimate of drug-likeness (QED) is 0.0779. The van der Waals surface area contributed by atoms with Gasteiger partial charge in [-0.05, 0) is 24.3 Å². The first kappa shape index (κ1) is 42.0. The SMILES string of the molecule is COc1ccc(O)c(N=Nc2cc([N+](=O)[O-])cc([N+](=O)[O-])c2O)c1.COc1ccc(O)c(N=Nc2cc([N+](=O)[O-])cc([N+](=O)[O-])c2O)c1.[Cr].[Na+]. The van der Waals surface area contributed by atoms with E-state index < -0.39 is 65.3 Å². The van der Waals surface area contributed by atoms with Gasteiger partial charge >= 0.3 is 40.9 Å². The third-order valence-electron chi connectivity index (χ3n) is 5.82. The number of nitro benzene ring substituents is 4. The van der Waals surface area contributed by atoms with E-state index in [9.17, 15) is 60.9 Å². The van der Waals surface area contributed by atoms with Crippen LogP contribution in [0.4, 0.5) is 45.5 Å². The number of phenolic OH excluding ortho intramolecular Hbond substituents is 4. The number of methoxy groups -OCH3 is 2. The third-order valence-corrected chi connectivity index (χ3v) is 5.82. The minimum atomic E-state index is -0.982. The monoisotopic (exact) mass is 743 g/mol. The Kier molecular flexibility index (Phi) is 15.6. The fourth-order valence-electron chi connectivity index (χ4n) is 3.46. The van der Waals surface area contributed by atoms with Crippen molar-refractivity contribution in [3.63, 3.8) is 0 Å². The third kappa shape index (κ3) is 10.5. The number of phenols is 4. The van der Waals surface area contributed by atoms with Crippen LogP contribution >= 0.6 is 0 Å². The molecule has 0 fully saturated rings. The maximum Gasteiger partial charge on any atom is 1.00 e. The van der Waals surface area contributed by atoms with Crippen molar-refractivity contribution in [1.29, 1.82) is 0 Å². The van der Waals surface area contributed by atoms with Gasteiger partial charge in [-0.1, -0.05) is 0 Å². The molecule has 4 rings (SSSR count). The first-order chi connectivity index (χ1) is 22.7. The van der Waals surface area contributed by atoms with Crippen LogP contribution in [0, 0.1) is 40.5 Å². The predicted octanol–water partition coefficient (Wildman–Crippen LogP) is 3.68. The molecule has 254 valence electrons. The maximum absolute atomic E-state index is 10.9. The number of hydrogen-bond donors (Lipinski definition) is 4. The molecule has 0 aliphatic heterocycles. The zero-order valence-electron chi connectivity index (χ0n) is 25.6. The Hall–Kier alpha value is -5.99. The van der Waals surface area contributed by atoms with E-state index in [1.54, 1.807) is 0 Å². The van der Waals surface area contributed by atoms with Crippen molar-refractivity contribution in [1.82, 2.24) is 0 Å². The van der Waals surface area contributed by atoms with Gasteiger partial charge in [0.15, 0.2) is 0 Å². The average molecular weight is 743 g/mol. The number of ether oxygens (including phenoxy) is 2. The van der Waals surface area contributed by atoms with Crippen molar-refractivity contribution in [3.05, 3.63) is 101 Å². The Bertz CT molecular complexity index is 1860. The molecule has 0 saturated heterocycles. The van der Waals surface area contributed by atoms with Gasteiger partial charge in [0.2, 0.25) is 11.5 Å². The molecule has 0 amide bonds. The molecule has 4 aromatic rings. The van der Waals surface area contributed by atoms with Gasteiger partial charge < -0.3 is 29.9 Å². The van der Waals surface area contributed by atoms with Crippen LogP contribution in [0.25, 0.3) is 0 Å². The van der Waals surface area contributed by atoms with Gasteiger partial charge in [0.1, 0.15) is 45.7 Å². The molecule has 24 heteroatoms. The average Bonchev–Trinajstić information content (AvgIpc) is 3.04. The van der Waals surface area contributed by atoms with Crippen molar-refractivity contribution >= 4 is 45.5 Å². The second-order valence-corrected chi connectivity index (χ2v) is 8.80. The molecule has 0 saturated carbocycles. The number of nitro groups is 4. The summed E-state index contributed by atoms with van der Waals surface area (Å²) in [5, 5.41) is 96.7. The van der Waals surface area contributed by atoms with Gasteiger partial charge in [-0.2, -0.15) is 0 Å². The van der Waals surface area contributed by atoms with Gasteiger partial charge in [-0.25, -0.2) is 0 Å². The Morgan fingerprint density at radius 2 is 0.840 bits per heavy atom. The largest absolute Gasteiger partial charge is 1.00 e. The van der Waals surface area contributed by atoms with Crippen LogP contribution < -0.4 is 39.0 Å². The molecule has 0 aromatic heterocycles. The smallest absolute Gasteiger partial charge is 0.506 e. The van der Waals surface area contributed by atoms with E-state index in [0.29, 0.717) is 23.6 Å². The zero-order chi connectivity index (χ0) is 35.7. The molecule has 22 nitrogen and oxygen atoms in total. The molecule has 0 radical (unpaired) electrons. The molecule has 4 N–H and O–H groups in total. The summed E-state index contributed by atoms with van der Waals surface area (Å²) in [6.45, 7) is 0. The number of hydrogen-bond acceptors (Lipinski definition) is 18. The summed E-state index contributed by atoms with van der Waals surface area (Å²) in [5.74, 6) is -1.57. The van der Waals surface area contributed by atoms with E-state index in [2.05, 4.69) is 20.5 Å². The van der Waals surface area contributed by atoms with Gasteiger partial charge in [0.25, 0.3) is 11.4 Å². The summed E-state index contributed by atoms with van der Waals surface area (Å²) < 4.78 is 9.89. The Morgan fingerprint density at radius 3 is 1.12 bits per heavy atom. The van der Waals surface area contributed by atoms with Crippen molar-refractivity contribution in [2.45, 2.75) is 0 Å². The molecule has 0 bridgehead atoms. The Balaban J connectivity index is 0.000000481. The number of aromatic hydroxyl groups is 4. The molecule has 4 aromatic carbocycles. The van der Waals surface area contributed by atoms with Crippen LogP contribution in [-0.2, 0) is 17.4 Å². The molecular formula is C26H20CrN8NaO14+. The topological polar surface area (TPSA) is 321 Å². The maximum atomic E-state index is 10.9. The number of azo groups is 2. The molecule has 0 spiro atoms. The van der Waals surface area contributed by atoms with Crippen LogP contribution in [0.3, 0.4) is 0 Å². The van der Waals surface area contributed by atoms with Crippen molar-refractivity contribution in [2.75, 3.05) is 14.2 Å².